The van der Waals surface area contributed by atoms with Crippen LogP contribution in [0.2, 0.25) is 0 Å². The second kappa shape index (κ2) is 7.58. The van der Waals surface area contributed by atoms with Crippen LogP contribution in [0.15, 0.2) is 22.7 Å². The Bertz CT molecular complexity index is 547. The number of anilines is 1. The topological polar surface area (TPSA) is 64.9 Å². The lowest BCUT2D eigenvalue weighted by Gasteiger charge is -2.28. The molecule has 1 saturated heterocycles. The van der Waals surface area contributed by atoms with Gasteiger partial charge in [0.25, 0.3) is 0 Å². The van der Waals surface area contributed by atoms with Gasteiger partial charge in [-0.2, -0.15) is 5.26 Å². The molecule has 5 heteroatoms. The minimum absolute atomic E-state index is 0.0214. The molecule has 2 unspecified atom stereocenters. The Morgan fingerprint density at radius 3 is 3.10 bits per heavy atom. The van der Waals surface area contributed by atoms with Gasteiger partial charge in [0.05, 0.1) is 11.3 Å². The van der Waals surface area contributed by atoms with Crippen LogP contribution < -0.4 is 10.6 Å². The minimum Gasteiger partial charge on any atom is -0.325 e. The molecule has 1 heterocycles. The van der Waals surface area contributed by atoms with E-state index in [0.717, 1.165) is 17.6 Å². The highest BCUT2D eigenvalue weighted by molar-refractivity contribution is 9.10. The maximum atomic E-state index is 12.2. The van der Waals surface area contributed by atoms with Gasteiger partial charge in [-0.1, -0.05) is 22.9 Å². The van der Waals surface area contributed by atoms with Crippen molar-refractivity contribution in [2.24, 2.45) is 11.8 Å². The van der Waals surface area contributed by atoms with Crippen LogP contribution in [0.5, 0.6) is 0 Å². The Balaban J connectivity index is 1.94. The van der Waals surface area contributed by atoms with Crippen LogP contribution in [-0.2, 0) is 4.79 Å². The fourth-order valence-corrected chi connectivity index (χ4v) is 3.10. The van der Waals surface area contributed by atoms with Gasteiger partial charge in [-0.25, -0.2) is 0 Å². The van der Waals surface area contributed by atoms with Crippen LogP contribution in [0.1, 0.15) is 31.7 Å². The summed E-state index contributed by atoms with van der Waals surface area (Å²) in [6.45, 7) is 4.21. The Kier molecular flexibility index (Phi) is 5.77. The van der Waals surface area contributed by atoms with E-state index in [-0.39, 0.29) is 5.91 Å². The standard InChI is InChI=1S/C16H20BrN3O/c1-11(12-3-2-6-19-10-12)7-16(21)20-15-5-4-14(17)8-13(15)9-18/h4-5,8,11-12,19H,2-3,6-7,10H2,1H3,(H,20,21). The van der Waals surface area contributed by atoms with Crippen LogP contribution in [0.4, 0.5) is 5.69 Å². The molecule has 0 aliphatic carbocycles. The lowest BCUT2D eigenvalue weighted by Crippen LogP contribution is -2.34. The van der Waals surface area contributed by atoms with E-state index >= 15 is 0 Å². The molecule has 2 N–H and O–H groups in total. The first-order chi connectivity index (χ1) is 10.1. The molecule has 0 radical (unpaired) electrons. The summed E-state index contributed by atoms with van der Waals surface area (Å²) in [7, 11) is 0. The molecule has 0 bridgehead atoms. The number of nitrogens with one attached hydrogen (secondary N) is 2. The van der Waals surface area contributed by atoms with Crippen molar-refractivity contribution in [3.8, 4) is 6.07 Å². The van der Waals surface area contributed by atoms with Crippen molar-refractivity contribution in [2.75, 3.05) is 18.4 Å². The van der Waals surface area contributed by atoms with E-state index < -0.39 is 0 Å². The summed E-state index contributed by atoms with van der Waals surface area (Å²) < 4.78 is 0.832. The molecule has 1 aromatic rings. The zero-order chi connectivity index (χ0) is 15.2. The number of benzene rings is 1. The molecule has 0 spiro atoms. The minimum atomic E-state index is -0.0214. The van der Waals surface area contributed by atoms with Crippen LogP contribution in [-0.4, -0.2) is 19.0 Å². The summed E-state index contributed by atoms with van der Waals surface area (Å²) in [6.07, 6.45) is 2.86. The highest BCUT2D eigenvalue weighted by Crippen LogP contribution is 2.24. The van der Waals surface area contributed by atoms with E-state index in [1.54, 1.807) is 12.1 Å². The summed E-state index contributed by atoms with van der Waals surface area (Å²) >= 11 is 3.32. The second-order valence-corrected chi connectivity index (χ2v) is 6.55. The number of hydrogen-bond donors (Lipinski definition) is 2. The Hall–Kier alpha value is -1.38. The monoisotopic (exact) mass is 349 g/mol. The zero-order valence-corrected chi connectivity index (χ0v) is 13.7. The van der Waals surface area contributed by atoms with Gasteiger partial charge in [-0.3, -0.25) is 4.79 Å². The molecule has 1 amide bonds. The fourth-order valence-electron chi connectivity index (χ4n) is 2.74. The number of nitrogens with zero attached hydrogens (tertiary/aromatic N) is 1. The SMILES string of the molecule is CC(CC(=O)Nc1ccc(Br)cc1C#N)C1CCCNC1. The predicted molar refractivity (Wildman–Crippen MR) is 86.9 cm³/mol. The maximum Gasteiger partial charge on any atom is 0.224 e. The fraction of sp³-hybridized carbons (Fsp3) is 0.500. The summed E-state index contributed by atoms with van der Waals surface area (Å²) in [5.41, 5.74) is 1.06. The van der Waals surface area contributed by atoms with Gasteiger partial charge in [0.15, 0.2) is 0 Å². The highest BCUT2D eigenvalue weighted by atomic mass is 79.9. The molecular weight excluding hydrogens is 330 g/mol. The number of carbonyl (C=O) groups is 1. The number of halogens is 1. The van der Waals surface area contributed by atoms with Gasteiger partial charge in [-0.15, -0.1) is 0 Å². The first-order valence-corrected chi connectivity index (χ1v) is 8.09. The summed E-state index contributed by atoms with van der Waals surface area (Å²) in [6, 6.07) is 7.40. The van der Waals surface area contributed by atoms with Crippen LogP contribution in [0.25, 0.3) is 0 Å². The van der Waals surface area contributed by atoms with Gasteiger partial charge in [-0.05, 0) is 56.0 Å². The molecule has 1 aliphatic rings. The van der Waals surface area contributed by atoms with Crippen molar-refractivity contribution >= 4 is 27.5 Å². The van der Waals surface area contributed by atoms with Gasteiger partial charge < -0.3 is 10.6 Å². The summed E-state index contributed by atoms with van der Waals surface area (Å²) in [5.74, 6) is 0.885. The zero-order valence-electron chi connectivity index (χ0n) is 12.2. The van der Waals surface area contributed by atoms with E-state index in [4.69, 9.17) is 5.26 Å². The Labute approximate surface area is 134 Å². The van der Waals surface area contributed by atoms with E-state index in [1.165, 1.54) is 12.8 Å². The second-order valence-electron chi connectivity index (χ2n) is 5.64. The van der Waals surface area contributed by atoms with Crippen molar-refractivity contribution < 1.29 is 4.79 Å². The first kappa shape index (κ1) is 16.0. The number of amides is 1. The van der Waals surface area contributed by atoms with Crippen molar-refractivity contribution in [1.82, 2.24) is 5.32 Å². The first-order valence-electron chi connectivity index (χ1n) is 7.30. The largest absolute Gasteiger partial charge is 0.325 e. The van der Waals surface area contributed by atoms with E-state index in [1.807, 2.05) is 6.07 Å². The molecule has 2 atom stereocenters. The number of nitriles is 1. The maximum absolute atomic E-state index is 12.2. The Morgan fingerprint density at radius 1 is 1.62 bits per heavy atom. The van der Waals surface area contributed by atoms with E-state index in [0.29, 0.717) is 29.5 Å². The van der Waals surface area contributed by atoms with Gasteiger partial charge in [0, 0.05) is 10.9 Å². The number of hydrogen-bond acceptors (Lipinski definition) is 3. The molecule has 112 valence electrons. The molecule has 1 fully saturated rings. The normalized spacial score (nSPS) is 19.6. The third-order valence-corrected chi connectivity index (χ3v) is 4.52. The summed E-state index contributed by atoms with van der Waals surface area (Å²) in [5, 5.41) is 15.4. The quantitative estimate of drug-likeness (QED) is 0.876. The summed E-state index contributed by atoms with van der Waals surface area (Å²) in [4.78, 5) is 12.2. The predicted octanol–water partition coefficient (Wildman–Crippen LogP) is 3.29. The van der Waals surface area contributed by atoms with Gasteiger partial charge in [0.2, 0.25) is 5.91 Å². The van der Waals surface area contributed by atoms with Crippen LogP contribution >= 0.6 is 15.9 Å². The van der Waals surface area contributed by atoms with E-state index in [9.17, 15) is 4.79 Å². The van der Waals surface area contributed by atoms with Gasteiger partial charge >= 0.3 is 0 Å². The molecule has 1 aromatic carbocycles. The smallest absolute Gasteiger partial charge is 0.224 e. The highest BCUT2D eigenvalue weighted by Gasteiger charge is 2.22. The molecule has 0 aromatic heterocycles. The van der Waals surface area contributed by atoms with E-state index in [2.05, 4.69) is 39.6 Å². The average Bonchev–Trinajstić information content (AvgIpc) is 2.49. The number of piperidine rings is 1. The average molecular weight is 350 g/mol. The van der Waals surface area contributed by atoms with Crippen LogP contribution in [0.3, 0.4) is 0 Å². The molecule has 0 saturated carbocycles. The van der Waals surface area contributed by atoms with Crippen LogP contribution in [0, 0.1) is 23.2 Å². The van der Waals surface area contributed by atoms with Crippen molar-refractivity contribution in [3.63, 3.8) is 0 Å². The Morgan fingerprint density at radius 2 is 2.43 bits per heavy atom. The van der Waals surface area contributed by atoms with Crippen molar-refractivity contribution in [3.05, 3.63) is 28.2 Å². The van der Waals surface area contributed by atoms with Gasteiger partial charge in [0.1, 0.15) is 6.07 Å². The third-order valence-electron chi connectivity index (χ3n) is 4.02. The van der Waals surface area contributed by atoms with Crippen molar-refractivity contribution in [1.29, 1.82) is 5.26 Å². The lowest BCUT2D eigenvalue weighted by atomic mass is 9.85. The molecule has 2 rings (SSSR count). The number of carbonyl (C=O) groups excluding carboxylic acids is 1. The molecule has 21 heavy (non-hydrogen) atoms. The molecular formula is C16H20BrN3O. The molecule has 4 nitrogen and oxygen atoms in total. The number of rotatable bonds is 4. The van der Waals surface area contributed by atoms with Crippen molar-refractivity contribution in [2.45, 2.75) is 26.2 Å². The molecule has 1 aliphatic heterocycles. The third kappa shape index (κ3) is 4.55. The lowest BCUT2D eigenvalue weighted by molar-refractivity contribution is -0.117.